The molecule has 2 unspecified atom stereocenters. The topological polar surface area (TPSA) is 78.8 Å². The van der Waals surface area contributed by atoms with Gasteiger partial charge in [-0.3, -0.25) is 0 Å². The SMILES string of the molecule is O=C(NCCC(O)C(O)c1ccc(Cl)cc1C(F)(F)F)OCc1ccccc1. The number of carbonyl (C=O) groups excluding carboxylic acids is 1. The number of hydrogen-bond acceptors (Lipinski definition) is 4. The molecule has 2 aromatic carbocycles. The van der Waals surface area contributed by atoms with Gasteiger partial charge in [0.1, 0.15) is 12.7 Å². The lowest BCUT2D eigenvalue weighted by Gasteiger charge is -2.22. The minimum absolute atomic E-state index is 0.0531. The lowest BCUT2D eigenvalue weighted by Crippen LogP contribution is -2.30. The molecule has 0 aliphatic rings. The van der Waals surface area contributed by atoms with E-state index in [2.05, 4.69) is 5.32 Å². The lowest BCUT2D eigenvalue weighted by atomic mass is 9.96. The first kappa shape index (κ1) is 22.0. The Bertz CT molecular complexity index is 786. The zero-order valence-corrected chi connectivity index (χ0v) is 15.4. The van der Waals surface area contributed by atoms with Crippen molar-refractivity contribution in [1.82, 2.24) is 5.32 Å². The fourth-order valence-corrected chi connectivity index (χ4v) is 2.67. The number of alkyl carbamates (subject to hydrolysis) is 1. The summed E-state index contributed by atoms with van der Waals surface area (Å²) >= 11 is 5.59. The molecule has 3 N–H and O–H groups in total. The van der Waals surface area contributed by atoms with E-state index in [-0.39, 0.29) is 24.6 Å². The predicted octanol–water partition coefficient (Wildman–Crippen LogP) is 4.07. The van der Waals surface area contributed by atoms with E-state index >= 15 is 0 Å². The Labute approximate surface area is 164 Å². The number of hydrogen-bond donors (Lipinski definition) is 3. The summed E-state index contributed by atoms with van der Waals surface area (Å²) in [7, 11) is 0. The molecule has 9 heteroatoms. The van der Waals surface area contributed by atoms with Crippen molar-refractivity contribution in [3.8, 4) is 0 Å². The van der Waals surface area contributed by atoms with Crippen molar-refractivity contribution in [1.29, 1.82) is 0 Å². The largest absolute Gasteiger partial charge is 0.445 e. The van der Waals surface area contributed by atoms with Gasteiger partial charge in [-0.2, -0.15) is 13.2 Å². The van der Waals surface area contributed by atoms with Gasteiger partial charge in [-0.25, -0.2) is 4.79 Å². The first-order chi connectivity index (χ1) is 13.2. The van der Waals surface area contributed by atoms with Crippen molar-refractivity contribution in [2.45, 2.75) is 31.4 Å². The highest BCUT2D eigenvalue weighted by molar-refractivity contribution is 6.30. The van der Waals surface area contributed by atoms with Crippen molar-refractivity contribution in [3.05, 3.63) is 70.2 Å². The third kappa shape index (κ3) is 6.40. The van der Waals surface area contributed by atoms with E-state index < -0.39 is 35.6 Å². The van der Waals surface area contributed by atoms with Gasteiger partial charge >= 0.3 is 12.3 Å². The van der Waals surface area contributed by atoms with Crippen molar-refractivity contribution in [3.63, 3.8) is 0 Å². The number of amides is 1. The van der Waals surface area contributed by atoms with E-state index in [0.29, 0.717) is 6.07 Å². The van der Waals surface area contributed by atoms with Crippen LogP contribution < -0.4 is 5.32 Å². The van der Waals surface area contributed by atoms with E-state index in [9.17, 15) is 28.2 Å². The molecule has 2 rings (SSSR count). The minimum Gasteiger partial charge on any atom is -0.445 e. The Kier molecular flexibility index (Phi) is 7.68. The van der Waals surface area contributed by atoms with Crippen LogP contribution in [0.1, 0.15) is 29.2 Å². The third-order valence-electron chi connectivity index (χ3n) is 3.93. The molecule has 0 aromatic heterocycles. The summed E-state index contributed by atoms with van der Waals surface area (Å²) in [5, 5.41) is 22.3. The minimum atomic E-state index is -4.74. The van der Waals surface area contributed by atoms with E-state index in [4.69, 9.17) is 16.3 Å². The molecule has 0 fully saturated rings. The van der Waals surface area contributed by atoms with Gasteiger partial charge in [-0.15, -0.1) is 0 Å². The molecule has 0 bridgehead atoms. The van der Waals surface area contributed by atoms with Gasteiger partial charge in [-0.05, 0) is 29.7 Å². The molecule has 28 heavy (non-hydrogen) atoms. The Balaban J connectivity index is 1.86. The van der Waals surface area contributed by atoms with Crippen LogP contribution in [0.15, 0.2) is 48.5 Å². The molecule has 2 atom stereocenters. The number of alkyl halides is 3. The number of nitrogens with one attached hydrogen (secondary N) is 1. The first-order valence-electron chi connectivity index (χ1n) is 8.36. The maximum Gasteiger partial charge on any atom is 0.416 e. The average molecular weight is 418 g/mol. The van der Waals surface area contributed by atoms with E-state index in [1.807, 2.05) is 6.07 Å². The van der Waals surface area contributed by atoms with E-state index in [1.165, 1.54) is 6.07 Å². The molecule has 0 radical (unpaired) electrons. The van der Waals surface area contributed by atoms with Gasteiger partial charge in [0.25, 0.3) is 0 Å². The molecule has 0 saturated heterocycles. The molecule has 0 heterocycles. The maximum atomic E-state index is 13.1. The molecule has 1 amide bonds. The highest BCUT2D eigenvalue weighted by atomic mass is 35.5. The number of benzene rings is 2. The van der Waals surface area contributed by atoms with Crippen molar-refractivity contribution in [2.24, 2.45) is 0 Å². The summed E-state index contributed by atoms with van der Waals surface area (Å²) in [6.07, 6.45) is -8.98. The van der Waals surface area contributed by atoms with Crippen LogP contribution >= 0.6 is 11.6 Å². The van der Waals surface area contributed by atoms with E-state index in [0.717, 1.165) is 11.6 Å². The fourth-order valence-electron chi connectivity index (χ4n) is 2.49. The molecule has 0 aliphatic heterocycles. The Morgan fingerprint density at radius 1 is 1.14 bits per heavy atom. The monoisotopic (exact) mass is 417 g/mol. The zero-order valence-electron chi connectivity index (χ0n) is 14.6. The molecule has 0 aliphatic carbocycles. The Hall–Kier alpha value is -2.29. The highest BCUT2D eigenvalue weighted by Gasteiger charge is 2.36. The van der Waals surface area contributed by atoms with Crippen molar-refractivity contribution >= 4 is 17.7 Å². The maximum absolute atomic E-state index is 13.1. The molecule has 2 aromatic rings. The summed E-state index contributed by atoms with van der Waals surface area (Å²) in [6.45, 7) is -0.0433. The highest BCUT2D eigenvalue weighted by Crippen LogP contribution is 2.37. The van der Waals surface area contributed by atoms with E-state index in [1.54, 1.807) is 24.3 Å². The number of ether oxygens (including phenoxy) is 1. The Morgan fingerprint density at radius 2 is 1.82 bits per heavy atom. The van der Waals surface area contributed by atoms with Gasteiger partial charge in [0, 0.05) is 11.6 Å². The molecule has 0 spiro atoms. The summed E-state index contributed by atoms with van der Waals surface area (Å²) < 4.78 is 44.3. The molecular weight excluding hydrogens is 399 g/mol. The second-order valence-corrected chi connectivity index (χ2v) is 6.46. The van der Waals surface area contributed by atoms with Crippen LogP contribution in [0.4, 0.5) is 18.0 Å². The van der Waals surface area contributed by atoms with Crippen molar-refractivity contribution in [2.75, 3.05) is 6.54 Å². The summed E-state index contributed by atoms with van der Waals surface area (Å²) in [5.74, 6) is 0. The smallest absolute Gasteiger partial charge is 0.416 e. The quantitative estimate of drug-likeness (QED) is 0.634. The van der Waals surface area contributed by atoms with Gasteiger partial charge in [0.2, 0.25) is 0 Å². The first-order valence-corrected chi connectivity index (χ1v) is 8.73. The Morgan fingerprint density at radius 3 is 2.46 bits per heavy atom. The van der Waals surface area contributed by atoms with Crippen LogP contribution in [0.2, 0.25) is 5.02 Å². The van der Waals surface area contributed by atoms with Gasteiger partial charge in [0.05, 0.1) is 11.7 Å². The van der Waals surface area contributed by atoms with Crippen LogP contribution in [-0.4, -0.2) is 29.0 Å². The average Bonchev–Trinajstić information content (AvgIpc) is 2.66. The normalized spacial score (nSPS) is 13.6. The molecule has 152 valence electrons. The van der Waals surface area contributed by atoms with Gasteiger partial charge < -0.3 is 20.3 Å². The summed E-state index contributed by atoms with van der Waals surface area (Å²) in [6, 6.07) is 11.9. The predicted molar refractivity (Wildman–Crippen MR) is 96.7 cm³/mol. The van der Waals surface area contributed by atoms with Crippen molar-refractivity contribution < 1.29 is 32.9 Å². The van der Waals surface area contributed by atoms with Crippen LogP contribution in [0, 0.1) is 0 Å². The fraction of sp³-hybridized carbons (Fsp3) is 0.316. The number of carbonyl (C=O) groups is 1. The number of halogens is 4. The van der Waals surface area contributed by atoms with Crippen LogP contribution in [0.5, 0.6) is 0 Å². The number of aliphatic hydroxyl groups is 2. The summed E-state index contributed by atoms with van der Waals surface area (Å²) in [5.41, 5.74) is -0.826. The number of rotatable bonds is 7. The van der Waals surface area contributed by atoms with Crippen LogP contribution in [0.3, 0.4) is 0 Å². The van der Waals surface area contributed by atoms with Gasteiger partial charge in [0.15, 0.2) is 0 Å². The molecule has 0 saturated carbocycles. The summed E-state index contributed by atoms with van der Waals surface area (Å²) in [4.78, 5) is 11.6. The number of aliphatic hydroxyl groups excluding tert-OH is 2. The second kappa shape index (κ2) is 9.77. The van der Waals surface area contributed by atoms with Crippen LogP contribution in [-0.2, 0) is 17.5 Å². The third-order valence-corrected chi connectivity index (χ3v) is 4.16. The van der Waals surface area contributed by atoms with Crippen LogP contribution in [0.25, 0.3) is 0 Å². The second-order valence-electron chi connectivity index (χ2n) is 6.02. The lowest BCUT2D eigenvalue weighted by molar-refractivity contribution is -0.140. The molecule has 5 nitrogen and oxygen atoms in total. The molecular formula is C19H19ClF3NO4. The zero-order chi connectivity index (χ0) is 20.7. The standard InChI is InChI=1S/C19H19ClF3NO4/c20-13-6-7-14(15(10-13)19(21,22)23)17(26)16(25)8-9-24-18(27)28-11-12-4-2-1-3-5-12/h1-7,10,16-17,25-26H,8-9,11H2,(H,24,27). The van der Waals surface area contributed by atoms with Gasteiger partial charge in [-0.1, -0.05) is 48.0 Å².